The summed E-state index contributed by atoms with van der Waals surface area (Å²) < 4.78 is 1.71. The number of nitrogens with zero attached hydrogens (tertiary/aromatic N) is 1. The lowest BCUT2D eigenvalue weighted by molar-refractivity contribution is -0.120. The van der Waals surface area contributed by atoms with E-state index in [1.807, 2.05) is 30.3 Å². The number of carbonyl (C=O) groups is 1. The van der Waals surface area contributed by atoms with Gasteiger partial charge in [0.2, 0.25) is 5.91 Å². The standard InChI is InChI=1S/C15H19N3O2/c1-17-14(19)7-4-8-18-13-6-3-2-5-11(13)9-12(10-16)15(18)20/h2-3,5-6,9H,4,7-8,10,16H2,1H3,(H,17,19). The van der Waals surface area contributed by atoms with E-state index in [0.29, 0.717) is 24.9 Å². The van der Waals surface area contributed by atoms with Crippen molar-refractivity contribution in [3.63, 3.8) is 0 Å². The van der Waals surface area contributed by atoms with E-state index in [2.05, 4.69) is 5.32 Å². The molecule has 0 fully saturated rings. The number of pyridine rings is 1. The SMILES string of the molecule is CNC(=O)CCCn1c(=O)c(CN)cc2ccccc21. The molecule has 20 heavy (non-hydrogen) atoms. The van der Waals surface area contributed by atoms with Crippen LogP contribution in [-0.2, 0) is 17.9 Å². The second-order valence-electron chi connectivity index (χ2n) is 4.67. The number of aryl methyl sites for hydroxylation is 1. The van der Waals surface area contributed by atoms with Gasteiger partial charge in [0.05, 0.1) is 5.52 Å². The third kappa shape index (κ3) is 2.88. The second kappa shape index (κ2) is 6.34. The Morgan fingerprint density at radius 2 is 2.10 bits per heavy atom. The van der Waals surface area contributed by atoms with Crippen LogP contribution in [0.15, 0.2) is 35.1 Å². The molecule has 2 rings (SSSR count). The predicted octanol–water partition coefficient (Wildman–Crippen LogP) is 0.986. The largest absolute Gasteiger partial charge is 0.359 e. The van der Waals surface area contributed by atoms with Crippen molar-refractivity contribution in [2.75, 3.05) is 7.05 Å². The van der Waals surface area contributed by atoms with Gasteiger partial charge in [-0.25, -0.2) is 0 Å². The highest BCUT2D eigenvalue weighted by Gasteiger charge is 2.08. The number of benzene rings is 1. The summed E-state index contributed by atoms with van der Waals surface area (Å²) in [6.07, 6.45) is 1.03. The van der Waals surface area contributed by atoms with Crippen molar-refractivity contribution in [3.05, 3.63) is 46.2 Å². The van der Waals surface area contributed by atoms with Gasteiger partial charge in [-0.2, -0.15) is 0 Å². The maximum Gasteiger partial charge on any atom is 0.255 e. The summed E-state index contributed by atoms with van der Waals surface area (Å²) in [6, 6.07) is 9.55. The lowest BCUT2D eigenvalue weighted by Crippen LogP contribution is -2.26. The molecule has 1 heterocycles. The van der Waals surface area contributed by atoms with Crippen LogP contribution >= 0.6 is 0 Å². The van der Waals surface area contributed by atoms with E-state index in [0.717, 1.165) is 10.9 Å². The van der Waals surface area contributed by atoms with E-state index >= 15 is 0 Å². The number of carbonyl (C=O) groups excluding carboxylic acids is 1. The first-order valence-corrected chi connectivity index (χ1v) is 6.69. The van der Waals surface area contributed by atoms with Crippen molar-refractivity contribution >= 4 is 16.8 Å². The van der Waals surface area contributed by atoms with Gasteiger partial charge in [-0.05, 0) is 23.9 Å². The number of nitrogens with one attached hydrogen (secondary N) is 1. The lowest BCUT2D eigenvalue weighted by Gasteiger charge is -2.12. The predicted molar refractivity (Wildman–Crippen MR) is 79.4 cm³/mol. The number of hydrogen-bond acceptors (Lipinski definition) is 3. The summed E-state index contributed by atoms with van der Waals surface area (Å²) in [6.45, 7) is 0.736. The van der Waals surface area contributed by atoms with Gasteiger partial charge in [0.25, 0.3) is 5.56 Å². The first-order valence-electron chi connectivity index (χ1n) is 6.69. The molecule has 106 valence electrons. The second-order valence-corrected chi connectivity index (χ2v) is 4.67. The van der Waals surface area contributed by atoms with Crippen LogP contribution in [0, 0.1) is 0 Å². The normalized spacial score (nSPS) is 10.7. The highest BCUT2D eigenvalue weighted by atomic mass is 16.1. The topological polar surface area (TPSA) is 77.1 Å². The van der Waals surface area contributed by atoms with Crippen molar-refractivity contribution in [2.45, 2.75) is 25.9 Å². The Labute approximate surface area is 117 Å². The Bertz CT molecular complexity index is 676. The molecule has 0 aliphatic heterocycles. The molecular formula is C15H19N3O2. The summed E-state index contributed by atoms with van der Waals surface area (Å²) in [7, 11) is 1.61. The molecule has 0 aliphatic carbocycles. The molecule has 0 aliphatic rings. The van der Waals surface area contributed by atoms with Gasteiger partial charge in [0.1, 0.15) is 0 Å². The van der Waals surface area contributed by atoms with Gasteiger partial charge < -0.3 is 15.6 Å². The summed E-state index contributed by atoms with van der Waals surface area (Å²) in [5.41, 5.74) is 7.05. The fourth-order valence-electron chi connectivity index (χ4n) is 2.28. The molecule has 0 saturated heterocycles. The minimum atomic E-state index is -0.0666. The van der Waals surface area contributed by atoms with Crippen molar-refractivity contribution in [1.82, 2.24) is 9.88 Å². The molecular weight excluding hydrogens is 254 g/mol. The van der Waals surface area contributed by atoms with Crippen LogP contribution in [0.1, 0.15) is 18.4 Å². The molecule has 5 nitrogen and oxygen atoms in total. The zero-order chi connectivity index (χ0) is 14.5. The molecule has 0 unspecified atom stereocenters. The smallest absolute Gasteiger partial charge is 0.255 e. The Balaban J connectivity index is 2.37. The fraction of sp³-hybridized carbons (Fsp3) is 0.333. The summed E-state index contributed by atoms with van der Waals surface area (Å²) in [5.74, 6) is -0.0164. The van der Waals surface area contributed by atoms with Gasteiger partial charge in [-0.1, -0.05) is 18.2 Å². The van der Waals surface area contributed by atoms with Crippen LogP contribution in [0.4, 0.5) is 0 Å². The van der Waals surface area contributed by atoms with Crippen LogP contribution in [-0.4, -0.2) is 17.5 Å². The van der Waals surface area contributed by atoms with Gasteiger partial charge in [-0.15, -0.1) is 0 Å². The number of rotatable bonds is 5. The number of para-hydroxylation sites is 1. The Hall–Kier alpha value is -2.14. The third-order valence-electron chi connectivity index (χ3n) is 3.36. The average Bonchev–Trinajstić information content (AvgIpc) is 2.48. The van der Waals surface area contributed by atoms with E-state index in [9.17, 15) is 9.59 Å². The summed E-state index contributed by atoms with van der Waals surface area (Å²) >= 11 is 0. The summed E-state index contributed by atoms with van der Waals surface area (Å²) in [4.78, 5) is 23.6. The van der Waals surface area contributed by atoms with Gasteiger partial charge in [-0.3, -0.25) is 9.59 Å². The number of aromatic nitrogens is 1. The van der Waals surface area contributed by atoms with Crippen LogP contribution in [0.5, 0.6) is 0 Å². The van der Waals surface area contributed by atoms with Crippen molar-refractivity contribution in [3.8, 4) is 0 Å². The first-order chi connectivity index (χ1) is 9.67. The summed E-state index contributed by atoms with van der Waals surface area (Å²) in [5, 5.41) is 3.57. The molecule has 0 spiro atoms. The molecule has 3 N–H and O–H groups in total. The van der Waals surface area contributed by atoms with Crippen LogP contribution in [0.25, 0.3) is 10.9 Å². The van der Waals surface area contributed by atoms with Crippen LogP contribution in [0.2, 0.25) is 0 Å². The monoisotopic (exact) mass is 273 g/mol. The fourth-order valence-corrected chi connectivity index (χ4v) is 2.28. The quantitative estimate of drug-likeness (QED) is 0.852. The molecule has 2 aromatic rings. The molecule has 0 bridgehead atoms. The molecule has 1 aromatic carbocycles. The van der Waals surface area contributed by atoms with Gasteiger partial charge in [0, 0.05) is 32.1 Å². The Morgan fingerprint density at radius 1 is 1.35 bits per heavy atom. The van der Waals surface area contributed by atoms with Gasteiger partial charge in [0.15, 0.2) is 0 Å². The molecule has 5 heteroatoms. The molecule has 0 atom stereocenters. The first kappa shape index (κ1) is 14.3. The highest BCUT2D eigenvalue weighted by Crippen LogP contribution is 2.14. The zero-order valence-electron chi connectivity index (χ0n) is 11.6. The van der Waals surface area contributed by atoms with Gasteiger partial charge >= 0.3 is 0 Å². The van der Waals surface area contributed by atoms with E-state index in [1.165, 1.54) is 0 Å². The molecule has 1 amide bonds. The zero-order valence-corrected chi connectivity index (χ0v) is 11.6. The highest BCUT2D eigenvalue weighted by molar-refractivity contribution is 5.79. The lowest BCUT2D eigenvalue weighted by atomic mass is 10.1. The minimum Gasteiger partial charge on any atom is -0.359 e. The van der Waals surface area contributed by atoms with E-state index in [1.54, 1.807) is 11.6 Å². The van der Waals surface area contributed by atoms with E-state index in [4.69, 9.17) is 5.73 Å². The number of fused-ring (bicyclic) bond motifs is 1. The minimum absolute atomic E-state index is 0.0164. The van der Waals surface area contributed by atoms with E-state index in [-0.39, 0.29) is 18.0 Å². The molecule has 0 radical (unpaired) electrons. The van der Waals surface area contributed by atoms with Crippen molar-refractivity contribution in [1.29, 1.82) is 0 Å². The maximum atomic E-state index is 12.3. The number of amides is 1. The Kier molecular flexibility index (Phi) is 4.53. The maximum absolute atomic E-state index is 12.3. The van der Waals surface area contributed by atoms with E-state index < -0.39 is 0 Å². The molecule has 0 saturated carbocycles. The van der Waals surface area contributed by atoms with Crippen LogP contribution < -0.4 is 16.6 Å². The number of nitrogens with two attached hydrogens (primary N) is 1. The average molecular weight is 273 g/mol. The van der Waals surface area contributed by atoms with Crippen LogP contribution in [0.3, 0.4) is 0 Å². The van der Waals surface area contributed by atoms with Crippen molar-refractivity contribution in [2.24, 2.45) is 5.73 Å². The Morgan fingerprint density at radius 3 is 2.80 bits per heavy atom. The van der Waals surface area contributed by atoms with Crippen molar-refractivity contribution < 1.29 is 4.79 Å². The number of hydrogen-bond donors (Lipinski definition) is 2. The third-order valence-corrected chi connectivity index (χ3v) is 3.36. The molecule has 1 aromatic heterocycles.